The maximum atomic E-state index is 13.8. The summed E-state index contributed by atoms with van der Waals surface area (Å²) < 4.78 is 13.8. The molecule has 22 heavy (non-hydrogen) atoms. The first-order chi connectivity index (χ1) is 10.5. The van der Waals surface area contributed by atoms with Crippen LogP contribution in [0.25, 0.3) is 0 Å². The molecule has 2 rings (SSSR count). The van der Waals surface area contributed by atoms with Crippen LogP contribution in [-0.2, 0) is 4.79 Å². The maximum absolute atomic E-state index is 13.8. The van der Waals surface area contributed by atoms with E-state index in [1.807, 2.05) is 0 Å². The normalized spacial score (nSPS) is 11.7. The number of benzene rings is 2. The standard InChI is InChI=1S/C17H16FNO3/c1-11-7-8-14(18)13(9-11)17(22)19-15(10-16(20)21)12-5-3-2-4-6-12/h2-9,15H,10H2,1H3,(H,19,22)(H,20,21)/t15-/m1/s1. The van der Waals surface area contributed by atoms with Crippen molar-refractivity contribution in [2.45, 2.75) is 19.4 Å². The lowest BCUT2D eigenvalue weighted by atomic mass is 10.0. The summed E-state index contributed by atoms with van der Waals surface area (Å²) >= 11 is 0. The fourth-order valence-electron chi connectivity index (χ4n) is 2.16. The Labute approximate surface area is 127 Å². The lowest BCUT2D eigenvalue weighted by molar-refractivity contribution is -0.137. The van der Waals surface area contributed by atoms with Crippen LogP contribution in [-0.4, -0.2) is 17.0 Å². The number of carboxylic acids is 1. The number of aliphatic carboxylic acids is 1. The number of carbonyl (C=O) groups excluding carboxylic acids is 1. The van der Waals surface area contributed by atoms with E-state index in [0.29, 0.717) is 5.56 Å². The zero-order chi connectivity index (χ0) is 16.1. The minimum atomic E-state index is -1.04. The van der Waals surface area contributed by atoms with Crippen molar-refractivity contribution in [3.63, 3.8) is 0 Å². The van der Waals surface area contributed by atoms with Crippen LogP contribution in [0.15, 0.2) is 48.5 Å². The average Bonchev–Trinajstić information content (AvgIpc) is 2.49. The topological polar surface area (TPSA) is 66.4 Å². The second kappa shape index (κ2) is 6.85. The summed E-state index contributed by atoms with van der Waals surface area (Å²) in [6, 6.07) is 12.3. The molecule has 114 valence electrons. The molecule has 2 aromatic rings. The monoisotopic (exact) mass is 301 g/mol. The number of hydrogen-bond acceptors (Lipinski definition) is 2. The number of amides is 1. The van der Waals surface area contributed by atoms with Gasteiger partial charge in [0.05, 0.1) is 18.0 Å². The van der Waals surface area contributed by atoms with Gasteiger partial charge in [0.1, 0.15) is 5.82 Å². The van der Waals surface area contributed by atoms with Gasteiger partial charge in [-0.25, -0.2) is 4.39 Å². The SMILES string of the molecule is Cc1ccc(F)c(C(=O)N[C@H](CC(=O)O)c2ccccc2)c1. The third-order valence-corrected chi connectivity index (χ3v) is 3.25. The fourth-order valence-corrected chi connectivity index (χ4v) is 2.16. The minimum Gasteiger partial charge on any atom is -0.481 e. The van der Waals surface area contributed by atoms with Gasteiger partial charge in [-0.15, -0.1) is 0 Å². The van der Waals surface area contributed by atoms with Crippen molar-refractivity contribution in [2.24, 2.45) is 0 Å². The Morgan fingerprint density at radius 1 is 1.18 bits per heavy atom. The van der Waals surface area contributed by atoms with Crippen molar-refractivity contribution in [2.75, 3.05) is 0 Å². The summed E-state index contributed by atoms with van der Waals surface area (Å²) in [5.41, 5.74) is 1.32. The van der Waals surface area contributed by atoms with E-state index in [0.717, 1.165) is 5.56 Å². The molecule has 0 aliphatic carbocycles. The number of hydrogen-bond donors (Lipinski definition) is 2. The molecule has 5 heteroatoms. The Balaban J connectivity index is 2.25. The van der Waals surface area contributed by atoms with Crippen LogP contribution in [0.3, 0.4) is 0 Å². The van der Waals surface area contributed by atoms with E-state index in [-0.39, 0.29) is 12.0 Å². The molecule has 1 atom stereocenters. The van der Waals surface area contributed by atoms with Gasteiger partial charge in [-0.3, -0.25) is 9.59 Å². The highest BCUT2D eigenvalue weighted by atomic mass is 19.1. The number of halogens is 1. The van der Waals surface area contributed by atoms with Crippen LogP contribution >= 0.6 is 0 Å². The molecule has 2 aromatic carbocycles. The first kappa shape index (κ1) is 15.7. The molecule has 0 spiro atoms. The summed E-state index contributed by atoms with van der Waals surface area (Å²) in [6.07, 6.45) is -0.275. The van der Waals surface area contributed by atoms with Crippen molar-refractivity contribution in [3.8, 4) is 0 Å². The van der Waals surface area contributed by atoms with Crippen molar-refractivity contribution >= 4 is 11.9 Å². The molecule has 0 heterocycles. The quantitative estimate of drug-likeness (QED) is 0.892. The van der Waals surface area contributed by atoms with E-state index in [1.165, 1.54) is 12.1 Å². The second-order valence-electron chi connectivity index (χ2n) is 5.02. The molecule has 0 aliphatic heterocycles. The molecule has 0 saturated carbocycles. The van der Waals surface area contributed by atoms with E-state index in [9.17, 15) is 14.0 Å². The van der Waals surface area contributed by atoms with Crippen LogP contribution in [0, 0.1) is 12.7 Å². The third-order valence-electron chi connectivity index (χ3n) is 3.25. The van der Waals surface area contributed by atoms with Crippen LogP contribution < -0.4 is 5.32 Å². The largest absolute Gasteiger partial charge is 0.481 e. The lowest BCUT2D eigenvalue weighted by Gasteiger charge is -2.18. The van der Waals surface area contributed by atoms with Crippen LogP contribution in [0.5, 0.6) is 0 Å². The number of rotatable bonds is 5. The van der Waals surface area contributed by atoms with Gasteiger partial charge in [0, 0.05) is 0 Å². The van der Waals surface area contributed by atoms with Crippen molar-refractivity contribution in [3.05, 3.63) is 71.0 Å². The molecule has 1 amide bonds. The molecule has 0 aliphatic rings. The summed E-state index contributed by atoms with van der Waals surface area (Å²) in [5.74, 6) is -2.31. The summed E-state index contributed by atoms with van der Waals surface area (Å²) in [4.78, 5) is 23.2. The van der Waals surface area contributed by atoms with Gasteiger partial charge in [0.25, 0.3) is 5.91 Å². The molecule has 0 bridgehead atoms. The van der Waals surface area contributed by atoms with Crippen LogP contribution in [0.2, 0.25) is 0 Å². The van der Waals surface area contributed by atoms with Gasteiger partial charge < -0.3 is 10.4 Å². The molecule has 2 N–H and O–H groups in total. The van der Waals surface area contributed by atoms with Gasteiger partial charge in [-0.2, -0.15) is 0 Å². The number of aryl methyl sites for hydroxylation is 1. The van der Waals surface area contributed by atoms with Crippen LogP contribution in [0.1, 0.15) is 33.9 Å². The lowest BCUT2D eigenvalue weighted by Crippen LogP contribution is -2.30. The number of carboxylic acid groups (broad SMARTS) is 1. The Bertz CT molecular complexity index is 686. The number of carbonyl (C=O) groups is 2. The van der Waals surface area contributed by atoms with E-state index >= 15 is 0 Å². The Morgan fingerprint density at radius 3 is 2.50 bits per heavy atom. The molecular weight excluding hydrogens is 285 g/mol. The van der Waals surface area contributed by atoms with Crippen molar-refractivity contribution < 1.29 is 19.1 Å². The smallest absolute Gasteiger partial charge is 0.305 e. The van der Waals surface area contributed by atoms with Gasteiger partial charge in [-0.1, -0.05) is 42.0 Å². The van der Waals surface area contributed by atoms with Gasteiger partial charge in [0.2, 0.25) is 0 Å². The Morgan fingerprint density at radius 2 is 1.86 bits per heavy atom. The molecule has 4 nitrogen and oxygen atoms in total. The van der Waals surface area contributed by atoms with Crippen molar-refractivity contribution in [1.29, 1.82) is 0 Å². The fraction of sp³-hybridized carbons (Fsp3) is 0.176. The van der Waals surface area contributed by atoms with E-state index in [2.05, 4.69) is 5.32 Å². The van der Waals surface area contributed by atoms with Gasteiger partial charge >= 0.3 is 5.97 Å². The molecule has 0 unspecified atom stereocenters. The van der Waals surface area contributed by atoms with E-state index < -0.39 is 23.7 Å². The highest BCUT2D eigenvalue weighted by Gasteiger charge is 2.20. The zero-order valence-electron chi connectivity index (χ0n) is 12.0. The number of nitrogens with one attached hydrogen (secondary N) is 1. The molecular formula is C17H16FNO3. The highest BCUT2D eigenvalue weighted by Crippen LogP contribution is 2.18. The van der Waals surface area contributed by atoms with Gasteiger partial charge in [-0.05, 0) is 24.6 Å². The first-order valence-electron chi connectivity index (χ1n) is 6.81. The van der Waals surface area contributed by atoms with Gasteiger partial charge in [0.15, 0.2) is 0 Å². The summed E-state index contributed by atoms with van der Waals surface area (Å²) in [6.45, 7) is 1.75. The molecule has 0 radical (unpaired) electrons. The highest BCUT2D eigenvalue weighted by molar-refractivity contribution is 5.95. The van der Waals surface area contributed by atoms with E-state index in [1.54, 1.807) is 43.3 Å². The summed E-state index contributed by atoms with van der Waals surface area (Å²) in [7, 11) is 0. The van der Waals surface area contributed by atoms with Crippen molar-refractivity contribution in [1.82, 2.24) is 5.32 Å². The molecule has 0 saturated heterocycles. The third kappa shape index (κ3) is 3.91. The molecule has 0 aromatic heterocycles. The maximum Gasteiger partial charge on any atom is 0.305 e. The first-order valence-corrected chi connectivity index (χ1v) is 6.81. The zero-order valence-corrected chi connectivity index (χ0v) is 12.0. The predicted octanol–water partition coefficient (Wildman–Crippen LogP) is 3.08. The van der Waals surface area contributed by atoms with Crippen LogP contribution in [0.4, 0.5) is 4.39 Å². The Hall–Kier alpha value is -2.69. The predicted molar refractivity (Wildman–Crippen MR) is 80.0 cm³/mol. The molecule has 0 fully saturated rings. The Kier molecular flexibility index (Phi) is 4.88. The van der Waals surface area contributed by atoms with E-state index in [4.69, 9.17) is 5.11 Å². The summed E-state index contributed by atoms with van der Waals surface area (Å²) in [5, 5.41) is 11.6. The average molecular weight is 301 g/mol. The minimum absolute atomic E-state index is 0.0914. The second-order valence-corrected chi connectivity index (χ2v) is 5.02.